The molecule has 1 amide bonds. The molecule has 0 unspecified atom stereocenters. The van der Waals surface area contributed by atoms with Crippen LogP contribution in [0.1, 0.15) is 20.8 Å². The van der Waals surface area contributed by atoms with Crippen LogP contribution >= 0.6 is 0 Å². The van der Waals surface area contributed by atoms with Crippen LogP contribution in [0.5, 0.6) is 0 Å². The van der Waals surface area contributed by atoms with Gasteiger partial charge in [-0.25, -0.2) is 9.78 Å². The highest BCUT2D eigenvalue weighted by Crippen LogP contribution is 2.15. The molecule has 0 spiro atoms. The van der Waals surface area contributed by atoms with E-state index in [2.05, 4.69) is 4.98 Å². The minimum atomic E-state index is -0.522. The van der Waals surface area contributed by atoms with Crippen molar-refractivity contribution >= 4 is 17.7 Å². The number of carbonyl (C=O) groups excluding carboxylic acids is 1. The van der Waals surface area contributed by atoms with Gasteiger partial charge in [-0.1, -0.05) is 6.07 Å². The van der Waals surface area contributed by atoms with Crippen LogP contribution in [0, 0.1) is 0 Å². The average molecular weight is 223 g/mol. The second-order valence-electron chi connectivity index (χ2n) is 4.46. The number of pyridine rings is 1. The second-order valence-corrected chi connectivity index (χ2v) is 4.46. The van der Waals surface area contributed by atoms with E-state index in [0.29, 0.717) is 11.6 Å². The van der Waals surface area contributed by atoms with Gasteiger partial charge in [0.1, 0.15) is 17.2 Å². The highest BCUT2D eigenvalue weighted by molar-refractivity contribution is 5.86. The van der Waals surface area contributed by atoms with Crippen molar-refractivity contribution in [1.82, 2.24) is 4.98 Å². The second kappa shape index (κ2) is 4.38. The molecule has 0 aromatic carbocycles. The van der Waals surface area contributed by atoms with Gasteiger partial charge in [0.05, 0.1) is 0 Å². The molecule has 1 heterocycles. The molecule has 0 saturated heterocycles. The molecule has 2 N–H and O–H groups in total. The van der Waals surface area contributed by atoms with Crippen molar-refractivity contribution in [2.24, 2.45) is 0 Å². The number of nitrogens with two attached hydrogens (primary N) is 1. The van der Waals surface area contributed by atoms with Gasteiger partial charge in [-0.2, -0.15) is 0 Å². The van der Waals surface area contributed by atoms with Crippen molar-refractivity contribution in [1.29, 1.82) is 0 Å². The van der Waals surface area contributed by atoms with Gasteiger partial charge in [0, 0.05) is 7.05 Å². The standard InChI is InChI=1S/C11H17N3O2/c1-11(2,3)16-10(15)14(4)9-7-5-6-8(12)13-9/h5-7H,1-4H3,(H2,12,13). The third-order valence-corrected chi connectivity index (χ3v) is 1.77. The van der Waals surface area contributed by atoms with Crippen LogP contribution in [0.25, 0.3) is 0 Å². The molecule has 5 nitrogen and oxygen atoms in total. The zero-order valence-electron chi connectivity index (χ0n) is 10.0. The Morgan fingerprint density at radius 3 is 2.56 bits per heavy atom. The Kier molecular flexibility index (Phi) is 3.37. The summed E-state index contributed by atoms with van der Waals surface area (Å²) in [6.07, 6.45) is -0.453. The van der Waals surface area contributed by atoms with Gasteiger partial charge in [0.15, 0.2) is 0 Å². The number of nitrogens with zero attached hydrogens (tertiary/aromatic N) is 2. The normalized spacial score (nSPS) is 11.0. The number of hydrogen-bond donors (Lipinski definition) is 1. The molecule has 0 atom stereocenters. The van der Waals surface area contributed by atoms with Crippen molar-refractivity contribution < 1.29 is 9.53 Å². The number of nitrogen functional groups attached to an aromatic ring is 1. The third kappa shape index (κ3) is 3.42. The first-order valence-electron chi connectivity index (χ1n) is 4.99. The number of aromatic nitrogens is 1. The van der Waals surface area contributed by atoms with Crippen LogP contribution in [0.2, 0.25) is 0 Å². The minimum Gasteiger partial charge on any atom is -0.443 e. The molecule has 0 aliphatic heterocycles. The van der Waals surface area contributed by atoms with E-state index in [4.69, 9.17) is 10.5 Å². The maximum Gasteiger partial charge on any atom is 0.415 e. The van der Waals surface area contributed by atoms with E-state index in [-0.39, 0.29) is 0 Å². The molecule has 16 heavy (non-hydrogen) atoms. The number of anilines is 2. The summed E-state index contributed by atoms with van der Waals surface area (Å²) in [7, 11) is 1.59. The maximum absolute atomic E-state index is 11.7. The summed E-state index contributed by atoms with van der Waals surface area (Å²) in [6, 6.07) is 5.09. The van der Waals surface area contributed by atoms with Crippen LogP contribution in [0.4, 0.5) is 16.4 Å². The summed E-state index contributed by atoms with van der Waals surface area (Å²) < 4.78 is 5.20. The van der Waals surface area contributed by atoms with Crippen molar-refractivity contribution in [2.45, 2.75) is 26.4 Å². The van der Waals surface area contributed by atoms with Gasteiger partial charge in [-0.05, 0) is 32.9 Å². The maximum atomic E-state index is 11.7. The van der Waals surface area contributed by atoms with Gasteiger partial charge in [0.2, 0.25) is 0 Å². The molecule has 0 fully saturated rings. The van der Waals surface area contributed by atoms with Crippen molar-refractivity contribution in [3.63, 3.8) is 0 Å². The highest BCUT2D eigenvalue weighted by Gasteiger charge is 2.21. The average Bonchev–Trinajstić information content (AvgIpc) is 2.14. The van der Waals surface area contributed by atoms with Crippen LogP contribution < -0.4 is 10.6 Å². The monoisotopic (exact) mass is 223 g/mol. The lowest BCUT2D eigenvalue weighted by Gasteiger charge is -2.24. The smallest absolute Gasteiger partial charge is 0.415 e. The van der Waals surface area contributed by atoms with Gasteiger partial charge < -0.3 is 10.5 Å². The van der Waals surface area contributed by atoms with E-state index in [1.807, 2.05) is 20.8 Å². The van der Waals surface area contributed by atoms with Crippen LogP contribution in [-0.4, -0.2) is 23.7 Å². The fourth-order valence-electron chi connectivity index (χ4n) is 1.05. The van der Waals surface area contributed by atoms with E-state index >= 15 is 0 Å². The topological polar surface area (TPSA) is 68.5 Å². The lowest BCUT2D eigenvalue weighted by atomic mass is 10.2. The number of rotatable bonds is 1. The molecule has 0 bridgehead atoms. The summed E-state index contributed by atoms with van der Waals surface area (Å²) in [5.41, 5.74) is 5.01. The molecule has 0 saturated carbocycles. The molecule has 5 heteroatoms. The predicted molar refractivity (Wildman–Crippen MR) is 63.3 cm³/mol. The first-order chi connectivity index (χ1) is 7.29. The minimum absolute atomic E-state index is 0.368. The molecule has 0 aliphatic carbocycles. The number of ether oxygens (including phenoxy) is 1. The van der Waals surface area contributed by atoms with Crippen molar-refractivity contribution in [2.75, 3.05) is 17.7 Å². The van der Waals surface area contributed by atoms with Gasteiger partial charge in [0.25, 0.3) is 0 Å². The Labute approximate surface area is 95.2 Å². The largest absolute Gasteiger partial charge is 0.443 e. The molecule has 88 valence electrons. The van der Waals surface area contributed by atoms with Gasteiger partial charge in [-0.15, -0.1) is 0 Å². The number of carbonyl (C=O) groups is 1. The Balaban J connectivity index is 2.78. The van der Waals surface area contributed by atoms with E-state index in [1.54, 1.807) is 25.2 Å². The lowest BCUT2D eigenvalue weighted by molar-refractivity contribution is 0.0588. The van der Waals surface area contributed by atoms with Crippen molar-refractivity contribution in [3.05, 3.63) is 18.2 Å². The van der Waals surface area contributed by atoms with Crippen LogP contribution in [0.3, 0.4) is 0 Å². The Bertz CT molecular complexity index is 385. The summed E-state index contributed by atoms with van der Waals surface area (Å²) in [5.74, 6) is 0.835. The first-order valence-corrected chi connectivity index (χ1v) is 4.99. The molecular formula is C11H17N3O2. The third-order valence-electron chi connectivity index (χ3n) is 1.77. The fourth-order valence-corrected chi connectivity index (χ4v) is 1.05. The molecule has 1 aromatic rings. The van der Waals surface area contributed by atoms with Gasteiger partial charge in [-0.3, -0.25) is 4.90 Å². The number of amides is 1. The molecule has 1 rings (SSSR count). The molecule has 1 aromatic heterocycles. The van der Waals surface area contributed by atoms with E-state index in [1.165, 1.54) is 4.90 Å². The Morgan fingerprint density at radius 1 is 1.44 bits per heavy atom. The van der Waals surface area contributed by atoms with E-state index < -0.39 is 11.7 Å². The van der Waals surface area contributed by atoms with E-state index in [0.717, 1.165) is 0 Å². The zero-order chi connectivity index (χ0) is 12.3. The molecular weight excluding hydrogens is 206 g/mol. The molecule has 0 radical (unpaired) electrons. The summed E-state index contributed by atoms with van der Waals surface area (Å²) in [4.78, 5) is 17.0. The zero-order valence-corrected chi connectivity index (χ0v) is 10.0. The lowest BCUT2D eigenvalue weighted by Crippen LogP contribution is -2.34. The Morgan fingerprint density at radius 2 is 2.06 bits per heavy atom. The SMILES string of the molecule is CN(C(=O)OC(C)(C)C)c1cccc(N)n1. The van der Waals surface area contributed by atoms with Crippen LogP contribution in [-0.2, 0) is 4.74 Å². The molecule has 0 aliphatic rings. The Hall–Kier alpha value is -1.78. The summed E-state index contributed by atoms with van der Waals surface area (Å²) in [6.45, 7) is 5.43. The summed E-state index contributed by atoms with van der Waals surface area (Å²) in [5, 5.41) is 0. The summed E-state index contributed by atoms with van der Waals surface area (Å²) >= 11 is 0. The predicted octanol–water partition coefficient (Wildman–Crippen LogP) is 2.04. The fraction of sp³-hybridized carbons (Fsp3) is 0.455. The van der Waals surface area contributed by atoms with Crippen molar-refractivity contribution in [3.8, 4) is 0 Å². The van der Waals surface area contributed by atoms with Gasteiger partial charge >= 0.3 is 6.09 Å². The van der Waals surface area contributed by atoms with Crippen LogP contribution in [0.15, 0.2) is 18.2 Å². The van der Waals surface area contributed by atoms with E-state index in [9.17, 15) is 4.79 Å². The highest BCUT2D eigenvalue weighted by atomic mass is 16.6. The number of hydrogen-bond acceptors (Lipinski definition) is 4. The first kappa shape index (κ1) is 12.3. The quantitative estimate of drug-likeness (QED) is 0.791.